The van der Waals surface area contributed by atoms with Crippen LogP contribution in [0.2, 0.25) is 0 Å². The van der Waals surface area contributed by atoms with E-state index in [1.54, 1.807) is 0 Å². The van der Waals surface area contributed by atoms with E-state index in [9.17, 15) is 9.90 Å². The molecule has 0 heterocycles. The number of carboxylic acid groups (broad SMARTS) is 1. The Hall–Kier alpha value is -0.610. The van der Waals surface area contributed by atoms with Crippen molar-refractivity contribution in [2.24, 2.45) is 0 Å². The van der Waals surface area contributed by atoms with Crippen LogP contribution in [0.5, 0.6) is 0 Å². The maximum Gasteiger partial charge on any atom is 0.303 e. The summed E-state index contributed by atoms with van der Waals surface area (Å²) in [5, 5.41) is 18.4. The minimum atomic E-state index is -0.678. The Labute approximate surface area is 136 Å². The van der Waals surface area contributed by atoms with Gasteiger partial charge in [0.05, 0.1) is 6.10 Å². The molecule has 4 nitrogen and oxygen atoms in total. The summed E-state index contributed by atoms with van der Waals surface area (Å²) in [5.74, 6) is -0.678. The van der Waals surface area contributed by atoms with Crippen LogP contribution in [0.4, 0.5) is 0 Å². The fraction of sp³-hybridized carbons (Fsp3) is 0.944. The van der Waals surface area contributed by atoms with Crippen molar-refractivity contribution in [1.29, 1.82) is 0 Å². The molecule has 0 fully saturated rings. The van der Waals surface area contributed by atoms with Crippen molar-refractivity contribution in [3.63, 3.8) is 0 Å². The van der Waals surface area contributed by atoms with Crippen LogP contribution < -0.4 is 0 Å². The number of aliphatic carboxylic acids is 1. The maximum atomic E-state index is 10.3. The van der Waals surface area contributed by atoms with Gasteiger partial charge in [0, 0.05) is 6.42 Å². The predicted molar refractivity (Wildman–Crippen MR) is 92.2 cm³/mol. The van der Waals surface area contributed by atoms with Gasteiger partial charge in [0.1, 0.15) is 0 Å². The zero-order valence-corrected chi connectivity index (χ0v) is 14.5. The molecule has 0 amide bonds. The molecule has 0 bridgehead atoms. The van der Waals surface area contributed by atoms with Gasteiger partial charge in [-0.25, -0.2) is 0 Å². The van der Waals surface area contributed by atoms with Crippen LogP contribution in [0.15, 0.2) is 0 Å². The lowest BCUT2D eigenvalue weighted by Gasteiger charge is -2.10. The first-order valence-electron chi connectivity index (χ1n) is 9.06. The minimum Gasteiger partial charge on any atom is -0.481 e. The average Bonchev–Trinajstić information content (AvgIpc) is 2.45. The van der Waals surface area contributed by atoms with Crippen molar-refractivity contribution in [1.82, 2.24) is 0 Å². The zero-order chi connectivity index (χ0) is 15.8. The number of rotatable bonds is 16. The number of carbonyl (C=O) groups is 1. The highest BCUT2D eigenvalue weighted by molar-refractivity contribution is 5.66. The number of hydrogen-bond donors (Lipinski definition) is 2. The van der Waals surface area contributed by atoms with Gasteiger partial charge in [-0.2, -0.15) is 0 Å². The second kappa shape index (κ2) is 18.4. The van der Waals surface area contributed by atoms with E-state index in [1.807, 2.05) is 0 Å². The van der Waals surface area contributed by atoms with Crippen LogP contribution in [-0.4, -0.2) is 27.8 Å². The standard InChI is InChI=1S/C18H36O3.H2O/c1-2-3-4-11-14-17(19)15-12-9-7-5-6-8-10-13-16-18(20)21;/h17,19H,2-16H2,1H3,(H,20,21);1H2. The molecule has 0 aliphatic carbocycles. The zero-order valence-electron chi connectivity index (χ0n) is 14.5. The summed E-state index contributed by atoms with van der Waals surface area (Å²) < 4.78 is 0. The van der Waals surface area contributed by atoms with Crippen LogP contribution in [0, 0.1) is 0 Å². The van der Waals surface area contributed by atoms with Gasteiger partial charge in [-0.15, -0.1) is 0 Å². The highest BCUT2D eigenvalue weighted by atomic mass is 16.4. The van der Waals surface area contributed by atoms with Gasteiger partial charge in [-0.05, 0) is 19.3 Å². The maximum absolute atomic E-state index is 10.3. The number of carboxylic acids is 1. The average molecular weight is 318 g/mol. The summed E-state index contributed by atoms with van der Waals surface area (Å²) in [6.45, 7) is 2.21. The van der Waals surface area contributed by atoms with Gasteiger partial charge in [-0.3, -0.25) is 4.79 Å². The fourth-order valence-corrected chi connectivity index (χ4v) is 2.67. The number of aliphatic hydroxyl groups is 1. The molecule has 0 radical (unpaired) electrons. The normalized spacial score (nSPS) is 11.9. The quantitative estimate of drug-likeness (QED) is 0.411. The van der Waals surface area contributed by atoms with Crippen LogP contribution in [0.3, 0.4) is 0 Å². The van der Waals surface area contributed by atoms with Crippen molar-refractivity contribution >= 4 is 5.97 Å². The molecule has 22 heavy (non-hydrogen) atoms. The van der Waals surface area contributed by atoms with Crippen LogP contribution >= 0.6 is 0 Å². The summed E-state index contributed by atoms with van der Waals surface area (Å²) in [6.07, 6.45) is 16.3. The Morgan fingerprint density at radius 2 is 1.18 bits per heavy atom. The first kappa shape index (κ1) is 23.7. The van der Waals surface area contributed by atoms with Crippen LogP contribution in [0.25, 0.3) is 0 Å². The van der Waals surface area contributed by atoms with E-state index in [0.717, 1.165) is 38.5 Å². The van der Waals surface area contributed by atoms with E-state index >= 15 is 0 Å². The number of aliphatic hydroxyl groups excluding tert-OH is 1. The Morgan fingerprint density at radius 1 is 0.773 bits per heavy atom. The molecule has 0 saturated heterocycles. The molecule has 0 spiro atoms. The third kappa shape index (κ3) is 19.4. The Morgan fingerprint density at radius 3 is 1.64 bits per heavy atom. The van der Waals surface area contributed by atoms with Crippen molar-refractivity contribution < 1.29 is 20.5 Å². The Balaban J connectivity index is 0. The van der Waals surface area contributed by atoms with E-state index in [2.05, 4.69) is 6.92 Å². The molecule has 134 valence electrons. The highest BCUT2D eigenvalue weighted by Gasteiger charge is 2.03. The molecule has 1 unspecified atom stereocenters. The van der Waals surface area contributed by atoms with Gasteiger partial charge in [0.2, 0.25) is 0 Å². The Kier molecular flexibility index (Phi) is 19.8. The predicted octanol–water partition coefficient (Wildman–Crippen LogP) is 4.48. The number of hydrogen-bond acceptors (Lipinski definition) is 2. The van der Waals surface area contributed by atoms with Crippen molar-refractivity contribution in [2.75, 3.05) is 0 Å². The fourth-order valence-electron chi connectivity index (χ4n) is 2.67. The molecular formula is C18H38O4. The highest BCUT2D eigenvalue weighted by Crippen LogP contribution is 2.14. The SMILES string of the molecule is CCCCCCC(O)CCCCCCCCCCC(=O)O.O. The monoisotopic (exact) mass is 318 g/mol. The van der Waals surface area contributed by atoms with Crippen LogP contribution in [0.1, 0.15) is 103 Å². The molecule has 0 aromatic rings. The molecule has 0 aliphatic rings. The molecule has 4 heteroatoms. The molecule has 0 aliphatic heterocycles. The summed E-state index contributed by atoms with van der Waals surface area (Å²) >= 11 is 0. The van der Waals surface area contributed by atoms with E-state index in [0.29, 0.717) is 6.42 Å². The van der Waals surface area contributed by atoms with E-state index in [-0.39, 0.29) is 11.6 Å². The van der Waals surface area contributed by atoms with Crippen molar-refractivity contribution in [2.45, 2.75) is 109 Å². The second-order valence-corrected chi connectivity index (χ2v) is 6.26. The molecule has 1 atom stereocenters. The van der Waals surface area contributed by atoms with Gasteiger partial charge in [-0.1, -0.05) is 77.6 Å². The van der Waals surface area contributed by atoms with E-state index in [4.69, 9.17) is 5.11 Å². The summed E-state index contributed by atoms with van der Waals surface area (Å²) in [4.78, 5) is 10.3. The Bertz CT molecular complexity index is 231. The molecule has 0 aromatic carbocycles. The second-order valence-electron chi connectivity index (χ2n) is 6.26. The van der Waals surface area contributed by atoms with Crippen LogP contribution in [-0.2, 0) is 4.79 Å². The lowest BCUT2D eigenvalue weighted by Crippen LogP contribution is -2.05. The van der Waals surface area contributed by atoms with Crippen molar-refractivity contribution in [3.05, 3.63) is 0 Å². The first-order chi connectivity index (χ1) is 10.2. The lowest BCUT2D eigenvalue weighted by atomic mass is 10.0. The van der Waals surface area contributed by atoms with Gasteiger partial charge < -0.3 is 15.7 Å². The van der Waals surface area contributed by atoms with Crippen molar-refractivity contribution in [3.8, 4) is 0 Å². The molecule has 0 saturated carbocycles. The summed E-state index contributed by atoms with van der Waals surface area (Å²) in [6, 6.07) is 0. The third-order valence-corrected chi connectivity index (χ3v) is 4.07. The molecule has 0 aromatic heterocycles. The third-order valence-electron chi connectivity index (χ3n) is 4.07. The first-order valence-corrected chi connectivity index (χ1v) is 9.06. The summed E-state index contributed by atoms with van der Waals surface area (Å²) in [5.41, 5.74) is 0. The largest absolute Gasteiger partial charge is 0.481 e. The van der Waals surface area contributed by atoms with Gasteiger partial charge >= 0.3 is 5.97 Å². The smallest absolute Gasteiger partial charge is 0.303 e. The lowest BCUT2D eigenvalue weighted by molar-refractivity contribution is -0.137. The minimum absolute atomic E-state index is 0. The van der Waals surface area contributed by atoms with Gasteiger partial charge in [0.15, 0.2) is 0 Å². The van der Waals surface area contributed by atoms with E-state index < -0.39 is 5.97 Å². The van der Waals surface area contributed by atoms with Gasteiger partial charge in [0.25, 0.3) is 0 Å². The molecular weight excluding hydrogens is 280 g/mol. The summed E-state index contributed by atoms with van der Waals surface area (Å²) in [7, 11) is 0. The molecule has 4 N–H and O–H groups in total. The number of unbranched alkanes of at least 4 members (excludes halogenated alkanes) is 10. The van der Waals surface area contributed by atoms with E-state index in [1.165, 1.54) is 51.4 Å². The molecule has 0 rings (SSSR count). The topological polar surface area (TPSA) is 89.0 Å².